The Morgan fingerprint density at radius 2 is 2.04 bits per heavy atom. The van der Waals surface area contributed by atoms with Crippen LogP contribution in [0.1, 0.15) is 37.3 Å². The monoisotopic (exact) mass is 350 g/mol. The molecule has 0 aromatic heterocycles. The highest BCUT2D eigenvalue weighted by atomic mass is 35.5. The smallest absolute Gasteiger partial charge is 0.310 e. The molecule has 128 valence electrons. The van der Waals surface area contributed by atoms with Gasteiger partial charge in [0.1, 0.15) is 6.04 Å². The Kier molecular flexibility index (Phi) is 4.49. The number of carbonyl (C=O) groups excluding carboxylic acids is 2. The van der Waals surface area contributed by atoms with E-state index < -0.39 is 17.4 Å². The van der Waals surface area contributed by atoms with E-state index in [1.807, 2.05) is 0 Å². The summed E-state index contributed by atoms with van der Waals surface area (Å²) in [6.07, 6.45) is 1.75. The summed E-state index contributed by atoms with van der Waals surface area (Å²) in [5.74, 6) is -1.53. The van der Waals surface area contributed by atoms with E-state index in [0.717, 1.165) is 6.42 Å². The molecule has 2 amide bonds. The van der Waals surface area contributed by atoms with Crippen molar-refractivity contribution in [1.82, 2.24) is 10.2 Å². The van der Waals surface area contributed by atoms with E-state index in [4.69, 9.17) is 11.6 Å². The summed E-state index contributed by atoms with van der Waals surface area (Å²) < 4.78 is 0. The van der Waals surface area contributed by atoms with Gasteiger partial charge in [-0.2, -0.15) is 0 Å². The molecule has 1 saturated heterocycles. The van der Waals surface area contributed by atoms with Crippen molar-refractivity contribution in [3.63, 3.8) is 0 Å². The van der Waals surface area contributed by atoms with E-state index in [-0.39, 0.29) is 18.2 Å². The van der Waals surface area contributed by atoms with Crippen molar-refractivity contribution in [2.75, 3.05) is 13.1 Å². The number of nitrogens with zero attached hydrogens (tertiary/aromatic N) is 1. The Balaban J connectivity index is 1.87. The van der Waals surface area contributed by atoms with Gasteiger partial charge in [-0.05, 0) is 18.9 Å². The average molecular weight is 351 g/mol. The second-order valence-electron chi connectivity index (χ2n) is 6.42. The molecule has 1 unspecified atom stereocenters. The fraction of sp³-hybridized carbons (Fsp3) is 0.471. The predicted molar refractivity (Wildman–Crippen MR) is 87.5 cm³/mol. The summed E-state index contributed by atoms with van der Waals surface area (Å²) in [5, 5.41) is 12.6. The van der Waals surface area contributed by atoms with Gasteiger partial charge in [0.05, 0.1) is 5.41 Å². The first-order valence-electron chi connectivity index (χ1n) is 8.00. The molecule has 3 rings (SSSR count). The summed E-state index contributed by atoms with van der Waals surface area (Å²) in [6.45, 7) is 0.696. The normalized spacial score (nSPS) is 22.5. The summed E-state index contributed by atoms with van der Waals surface area (Å²) >= 11 is 6.20. The van der Waals surface area contributed by atoms with E-state index in [2.05, 4.69) is 5.32 Å². The van der Waals surface area contributed by atoms with Crippen molar-refractivity contribution in [3.05, 3.63) is 34.9 Å². The highest BCUT2D eigenvalue weighted by Crippen LogP contribution is 2.45. The van der Waals surface area contributed by atoms with Crippen molar-refractivity contribution in [1.29, 1.82) is 0 Å². The quantitative estimate of drug-likeness (QED) is 0.869. The molecule has 2 N–H and O–H groups in total. The van der Waals surface area contributed by atoms with Gasteiger partial charge in [-0.1, -0.05) is 36.2 Å². The highest BCUT2D eigenvalue weighted by Gasteiger charge is 2.48. The van der Waals surface area contributed by atoms with Crippen LogP contribution in [0.3, 0.4) is 0 Å². The van der Waals surface area contributed by atoms with Crippen LogP contribution in [-0.2, 0) is 14.4 Å². The number of amides is 2. The molecule has 1 aromatic carbocycles. The van der Waals surface area contributed by atoms with E-state index in [1.54, 1.807) is 24.3 Å². The van der Waals surface area contributed by atoms with E-state index in [1.165, 1.54) is 4.90 Å². The average Bonchev–Trinajstić information content (AvgIpc) is 2.51. The molecule has 2 fully saturated rings. The van der Waals surface area contributed by atoms with Gasteiger partial charge < -0.3 is 15.3 Å². The second-order valence-corrected chi connectivity index (χ2v) is 6.83. The van der Waals surface area contributed by atoms with Crippen molar-refractivity contribution >= 4 is 29.4 Å². The van der Waals surface area contributed by atoms with Crippen LogP contribution in [0.4, 0.5) is 0 Å². The molecule has 1 saturated carbocycles. The van der Waals surface area contributed by atoms with E-state index >= 15 is 0 Å². The first-order chi connectivity index (χ1) is 11.4. The lowest BCUT2D eigenvalue weighted by Crippen LogP contribution is -2.54. The van der Waals surface area contributed by atoms with Gasteiger partial charge in [0.15, 0.2) is 0 Å². The summed E-state index contributed by atoms with van der Waals surface area (Å²) in [7, 11) is 0. The summed E-state index contributed by atoms with van der Waals surface area (Å²) in [4.78, 5) is 38.1. The van der Waals surface area contributed by atoms with E-state index in [0.29, 0.717) is 36.5 Å². The largest absolute Gasteiger partial charge is 0.481 e. The van der Waals surface area contributed by atoms with Gasteiger partial charge in [-0.15, -0.1) is 0 Å². The Bertz CT molecular complexity index is 687. The van der Waals surface area contributed by atoms with Gasteiger partial charge in [0.25, 0.3) is 0 Å². The molecule has 0 radical (unpaired) electrons. The number of nitrogens with one attached hydrogen (secondary N) is 1. The fourth-order valence-corrected chi connectivity index (χ4v) is 3.64. The zero-order valence-electron chi connectivity index (χ0n) is 13.1. The molecule has 24 heavy (non-hydrogen) atoms. The highest BCUT2D eigenvalue weighted by molar-refractivity contribution is 6.31. The Morgan fingerprint density at radius 1 is 1.33 bits per heavy atom. The number of rotatable bonds is 4. The molecule has 1 aromatic rings. The molecule has 2 aliphatic rings. The van der Waals surface area contributed by atoms with Crippen LogP contribution in [-0.4, -0.2) is 40.9 Å². The molecule has 6 nitrogen and oxygen atoms in total. The minimum Gasteiger partial charge on any atom is -0.481 e. The molecule has 1 heterocycles. The van der Waals surface area contributed by atoms with Crippen LogP contribution in [0.5, 0.6) is 0 Å². The Morgan fingerprint density at radius 3 is 2.62 bits per heavy atom. The number of carbonyl (C=O) groups is 3. The van der Waals surface area contributed by atoms with Crippen LogP contribution in [0.15, 0.2) is 24.3 Å². The van der Waals surface area contributed by atoms with Crippen LogP contribution >= 0.6 is 11.6 Å². The van der Waals surface area contributed by atoms with E-state index in [9.17, 15) is 19.5 Å². The summed E-state index contributed by atoms with van der Waals surface area (Å²) in [5.41, 5.74) is -0.418. The number of carboxylic acid groups (broad SMARTS) is 1. The molecule has 0 spiro atoms. The maximum atomic E-state index is 12.8. The first-order valence-corrected chi connectivity index (χ1v) is 8.37. The SMILES string of the molecule is O=C1NCCN(C(=O)CC2(C(=O)O)CCC2)C1c1ccccc1Cl. The lowest BCUT2D eigenvalue weighted by Gasteiger charge is -2.41. The zero-order chi connectivity index (χ0) is 17.3. The lowest BCUT2D eigenvalue weighted by molar-refractivity contribution is -0.161. The number of carboxylic acids is 1. The van der Waals surface area contributed by atoms with Gasteiger partial charge in [-0.25, -0.2) is 0 Å². The third kappa shape index (κ3) is 2.86. The fourth-order valence-electron chi connectivity index (χ4n) is 3.40. The number of benzene rings is 1. The maximum Gasteiger partial charge on any atom is 0.310 e. The van der Waals surface area contributed by atoms with Crippen LogP contribution in [0.25, 0.3) is 0 Å². The molecule has 1 aliphatic carbocycles. The molecule has 1 atom stereocenters. The third-order valence-electron chi connectivity index (χ3n) is 4.99. The molecular weight excluding hydrogens is 332 g/mol. The minimum absolute atomic E-state index is 0.0729. The number of aliphatic carboxylic acids is 1. The molecule has 0 bridgehead atoms. The van der Waals surface area contributed by atoms with Crippen LogP contribution < -0.4 is 5.32 Å². The van der Waals surface area contributed by atoms with Crippen molar-refractivity contribution in [3.8, 4) is 0 Å². The minimum atomic E-state index is -0.976. The van der Waals surface area contributed by atoms with Gasteiger partial charge in [0, 0.05) is 30.1 Å². The van der Waals surface area contributed by atoms with Crippen LogP contribution in [0.2, 0.25) is 5.02 Å². The Labute approximate surface area is 144 Å². The van der Waals surface area contributed by atoms with Crippen LogP contribution in [0, 0.1) is 5.41 Å². The third-order valence-corrected chi connectivity index (χ3v) is 5.33. The number of halogens is 1. The standard InChI is InChI=1S/C17H19ClN2O4/c18-12-5-2-1-4-11(12)14-15(22)19-8-9-20(14)13(21)10-17(16(23)24)6-3-7-17/h1-2,4-5,14H,3,6-10H2,(H,19,22)(H,23,24). The molecule has 7 heteroatoms. The van der Waals surface area contributed by atoms with Gasteiger partial charge in [0.2, 0.25) is 11.8 Å². The second kappa shape index (κ2) is 6.43. The lowest BCUT2D eigenvalue weighted by atomic mass is 9.66. The van der Waals surface area contributed by atoms with Crippen molar-refractivity contribution < 1.29 is 19.5 Å². The predicted octanol–water partition coefficient (Wildman–Crippen LogP) is 1.98. The van der Waals surface area contributed by atoms with Crippen molar-refractivity contribution in [2.24, 2.45) is 5.41 Å². The number of piperazine rings is 1. The number of hydrogen-bond donors (Lipinski definition) is 2. The topological polar surface area (TPSA) is 86.7 Å². The summed E-state index contributed by atoms with van der Waals surface area (Å²) in [6, 6.07) is 6.09. The van der Waals surface area contributed by atoms with Gasteiger partial charge in [-0.3, -0.25) is 14.4 Å². The van der Waals surface area contributed by atoms with Crippen molar-refractivity contribution in [2.45, 2.75) is 31.7 Å². The molecular formula is C17H19ClN2O4. The van der Waals surface area contributed by atoms with Gasteiger partial charge >= 0.3 is 5.97 Å². The molecule has 1 aliphatic heterocycles. The maximum absolute atomic E-state index is 12.8. The number of hydrogen-bond acceptors (Lipinski definition) is 3. The Hall–Kier alpha value is -2.08. The zero-order valence-corrected chi connectivity index (χ0v) is 13.9. The first kappa shape index (κ1) is 16.8.